The van der Waals surface area contributed by atoms with Crippen LogP contribution in [0, 0.1) is 0 Å². The van der Waals surface area contributed by atoms with Crippen molar-refractivity contribution in [2.24, 2.45) is 0 Å². The predicted molar refractivity (Wildman–Crippen MR) is 70.1 cm³/mol. The van der Waals surface area contributed by atoms with Crippen molar-refractivity contribution in [2.75, 3.05) is 30.5 Å². The third kappa shape index (κ3) is 3.13. The number of nitrogens with one attached hydrogen (secondary N) is 2. The second-order valence-corrected chi connectivity index (χ2v) is 4.25. The molecular weight excluding hydrogens is 232 g/mol. The van der Waals surface area contributed by atoms with Crippen molar-refractivity contribution >= 4 is 17.3 Å². The monoisotopic (exact) mass is 250 g/mol. The van der Waals surface area contributed by atoms with Crippen LogP contribution in [0.1, 0.15) is 13.8 Å². The summed E-state index contributed by atoms with van der Waals surface area (Å²) in [5.74, 6) is 0.583. The van der Waals surface area contributed by atoms with Gasteiger partial charge in [-0.3, -0.25) is 4.79 Å². The molecule has 18 heavy (non-hydrogen) atoms. The first-order valence-corrected chi connectivity index (χ1v) is 6.10. The summed E-state index contributed by atoms with van der Waals surface area (Å²) in [6, 6.07) is 5.86. The molecule has 0 saturated heterocycles. The molecule has 0 radical (unpaired) electrons. The molecule has 1 unspecified atom stereocenters. The minimum absolute atomic E-state index is 0.0838. The van der Waals surface area contributed by atoms with E-state index in [1.165, 1.54) is 0 Å². The molecule has 0 spiro atoms. The number of benzene rings is 1. The number of amides is 1. The van der Waals surface area contributed by atoms with E-state index in [1.54, 1.807) is 0 Å². The van der Waals surface area contributed by atoms with Crippen LogP contribution in [0.15, 0.2) is 18.2 Å². The number of anilines is 2. The number of hydrogen-bond donors (Lipinski definition) is 2. The zero-order valence-corrected chi connectivity index (χ0v) is 10.7. The number of rotatable bonds is 5. The van der Waals surface area contributed by atoms with E-state index < -0.39 is 0 Å². The number of hydrogen-bond acceptors (Lipinski definition) is 4. The molecule has 2 N–H and O–H groups in total. The Bertz CT molecular complexity index is 434. The SMILES string of the molecule is CCOCC(C)Nc1ccc2c(c1)NC(=O)CO2. The highest BCUT2D eigenvalue weighted by atomic mass is 16.5. The van der Waals surface area contributed by atoms with Crippen molar-refractivity contribution < 1.29 is 14.3 Å². The van der Waals surface area contributed by atoms with Crippen LogP contribution in [0.4, 0.5) is 11.4 Å². The van der Waals surface area contributed by atoms with Gasteiger partial charge in [-0.05, 0) is 32.0 Å². The lowest BCUT2D eigenvalue weighted by molar-refractivity contribution is -0.118. The fraction of sp³-hybridized carbons (Fsp3) is 0.462. The second-order valence-electron chi connectivity index (χ2n) is 4.25. The van der Waals surface area contributed by atoms with Gasteiger partial charge in [-0.15, -0.1) is 0 Å². The maximum Gasteiger partial charge on any atom is 0.262 e. The van der Waals surface area contributed by atoms with Crippen LogP contribution in [-0.4, -0.2) is 31.8 Å². The molecule has 0 aromatic heterocycles. The van der Waals surface area contributed by atoms with Crippen LogP contribution >= 0.6 is 0 Å². The Labute approximate surface area is 106 Å². The lowest BCUT2D eigenvalue weighted by Crippen LogP contribution is -2.26. The maximum absolute atomic E-state index is 11.2. The topological polar surface area (TPSA) is 59.6 Å². The van der Waals surface area contributed by atoms with Crippen molar-refractivity contribution in [2.45, 2.75) is 19.9 Å². The Morgan fingerprint density at radius 2 is 2.39 bits per heavy atom. The zero-order chi connectivity index (χ0) is 13.0. The van der Waals surface area contributed by atoms with E-state index in [0.29, 0.717) is 24.7 Å². The Morgan fingerprint density at radius 3 is 3.17 bits per heavy atom. The van der Waals surface area contributed by atoms with Crippen molar-refractivity contribution in [1.82, 2.24) is 0 Å². The first-order chi connectivity index (χ1) is 8.69. The van der Waals surface area contributed by atoms with Crippen molar-refractivity contribution in [3.8, 4) is 5.75 Å². The first-order valence-electron chi connectivity index (χ1n) is 6.10. The molecule has 1 aliphatic rings. The van der Waals surface area contributed by atoms with Gasteiger partial charge in [0, 0.05) is 18.3 Å². The normalized spacial score (nSPS) is 15.3. The molecule has 1 heterocycles. The van der Waals surface area contributed by atoms with Crippen LogP contribution in [0.3, 0.4) is 0 Å². The van der Waals surface area contributed by atoms with Crippen LogP contribution in [0.2, 0.25) is 0 Å². The van der Waals surface area contributed by atoms with E-state index in [1.807, 2.05) is 32.0 Å². The van der Waals surface area contributed by atoms with Gasteiger partial charge < -0.3 is 20.1 Å². The first kappa shape index (κ1) is 12.7. The molecule has 1 amide bonds. The molecule has 1 aromatic rings. The van der Waals surface area contributed by atoms with E-state index in [0.717, 1.165) is 5.69 Å². The molecule has 5 heteroatoms. The average molecular weight is 250 g/mol. The molecule has 1 aliphatic heterocycles. The lowest BCUT2D eigenvalue weighted by Gasteiger charge is -2.20. The van der Waals surface area contributed by atoms with E-state index >= 15 is 0 Å². The van der Waals surface area contributed by atoms with Crippen LogP contribution < -0.4 is 15.4 Å². The Kier molecular flexibility index (Phi) is 4.04. The number of fused-ring (bicyclic) bond motifs is 1. The molecule has 0 saturated carbocycles. The average Bonchev–Trinajstić information content (AvgIpc) is 2.36. The summed E-state index contributed by atoms with van der Waals surface area (Å²) in [6.07, 6.45) is 0. The van der Waals surface area contributed by atoms with Gasteiger partial charge in [0.15, 0.2) is 6.61 Å². The van der Waals surface area contributed by atoms with Crippen molar-refractivity contribution in [3.63, 3.8) is 0 Å². The summed E-state index contributed by atoms with van der Waals surface area (Å²) < 4.78 is 10.6. The highest BCUT2D eigenvalue weighted by Crippen LogP contribution is 2.30. The molecule has 1 aromatic carbocycles. The standard InChI is InChI=1S/C13H18N2O3/c1-3-17-7-9(2)14-10-4-5-12-11(6-10)15-13(16)8-18-12/h4-6,9,14H,3,7-8H2,1-2H3,(H,15,16). The number of carbonyl (C=O) groups excluding carboxylic acids is 1. The van der Waals surface area contributed by atoms with Crippen molar-refractivity contribution in [1.29, 1.82) is 0 Å². The second kappa shape index (κ2) is 5.73. The Hall–Kier alpha value is -1.75. The minimum Gasteiger partial charge on any atom is -0.482 e. The molecule has 0 fully saturated rings. The van der Waals surface area contributed by atoms with Crippen LogP contribution in [0.25, 0.3) is 0 Å². The number of ether oxygens (including phenoxy) is 2. The van der Waals surface area contributed by atoms with Crippen molar-refractivity contribution in [3.05, 3.63) is 18.2 Å². The third-order valence-electron chi connectivity index (χ3n) is 2.60. The summed E-state index contributed by atoms with van der Waals surface area (Å²) in [5.41, 5.74) is 1.65. The predicted octanol–water partition coefficient (Wildman–Crippen LogP) is 1.85. The van der Waals surface area contributed by atoms with Gasteiger partial charge in [-0.25, -0.2) is 0 Å². The summed E-state index contributed by atoms with van der Waals surface area (Å²) in [6.45, 7) is 5.46. The fourth-order valence-electron chi connectivity index (χ4n) is 1.79. The molecule has 0 bridgehead atoms. The Balaban J connectivity index is 2.02. The van der Waals surface area contributed by atoms with E-state index in [9.17, 15) is 4.79 Å². The van der Waals surface area contributed by atoms with Gasteiger partial charge in [0.1, 0.15) is 5.75 Å². The van der Waals surface area contributed by atoms with Crippen LogP contribution in [0.5, 0.6) is 5.75 Å². The largest absolute Gasteiger partial charge is 0.482 e. The smallest absolute Gasteiger partial charge is 0.262 e. The summed E-state index contributed by atoms with van der Waals surface area (Å²) in [7, 11) is 0. The van der Waals surface area contributed by atoms with Gasteiger partial charge in [0.25, 0.3) is 5.91 Å². The molecule has 0 aliphatic carbocycles. The van der Waals surface area contributed by atoms with E-state index in [-0.39, 0.29) is 18.6 Å². The van der Waals surface area contributed by atoms with Gasteiger partial charge in [-0.2, -0.15) is 0 Å². The molecule has 2 rings (SSSR count). The molecular formula is C13H18N2O3. The quantitative estimate of drug-likeness (QED) is 0.837. The van der Waals surface area contributed by atoms with Gasteiger partial charge in [0.05, 0.1) is 12.3 Å². The zero-order valence-electron chi connectivity index (χ0n) is 10.7. The summed E-state index contributed by atoms with van der Waals surface area (Å²) in [5, 5.41) is 6.09. The van der Waals surface area contributed by atoms with Crippen LogP contribution in [-0.2, 0) is 9.53 Å². The number of carbonyl (C=O) groups is 1. The molecule has 98 valence electrons. The maximum atomic E-state index is 11.2. The lowest BCUT2D eigenvalue weighted by atomic mass is 10.2. The highest BCUT2D eigenvalue weighted by Gasteiger charge is 2.16. The summed E-state index contributed by atoms with van der Waals surface area (Å²) in [4.78, 5) is 11.2. The minimum atomic E-state index is -0.123. The Morgan fingerprint density at radius 1 is 1.56 bits per heavy atom. The third-order valence-corrected chi connectivity index (χ3v) is 2.60. The fourth-order valence-corrected chi connectivity index (χ4v) is 1.79. The molecule has 1 atom stereocenters. The summed E-state index contributed by atoms with van der Waals surface area (Å²) >= 11 is 0. The van der Waals surface area contributed by atoms with Gasteiger partial charge >= 0.3 is 0 Å². The molecule has 5 nitrogen and oxygen atoms in total. The highest BCUT2D eigenvalue weighted by molar-refractivity contribution is 5.96. The van der Waals surface area contributed by atoms with Gasteiger partial charge in [0.2, 0.25) is 0 Å². The van der Waals surface area contributed by atoms with Gasteiger partial charge in [-0.1, -0.05) is 0 Å². The van der Waals surface area contributed by atoms with E-state index in [4.69, 9.17) is 9.47 Å². The van der Waals surface area contributed by atoms with E-state index in [2.05, 4.69) is 10.6 Å².